The van der Waals surface area contributed by atoms with Crippen LogP contribution in [-0.4, -0.2) is 36.0 Å². The Hall–Kier alpha value is -1.14. The number of rotatable bonds is 5. The van der Waals surface area contributed by atoms with Crippen molar-refractivity contribution in [2.45, 2.75) is 45.3 Å². The van der Waals surface area contributed by atoms with E-state index in [1.165, 1.54) is 0 Å². The predicted molar refractivity (Wildman–Crippen MR) is 66.4 cm³/mol. The summed E-state index contributed by atoms with van der Waals surface area (Å²) in [5.41, 5.74) is -0.451. The van der Waals surface area contributed by atoms with Crippen LogP contribution >= 0.6 is 0 Å². The summed E-state index contributed by atoms with van der Waals surface area (Å²) < 4.78 is 16.5. The zero-order chi connectivity index (χ0) is 13.0. The van der Waals surface area contributed by atoms with E-state index in [0.717, 1.165) is 12.8 Å². The molecule has 1 N–H and O–H groups in total. The largest absolute Gasteiger partial charge is 0.381 e. The third-order valence-corrected chi connectivity index (χ3v) is 2.97. The van der Waals surface area contributed by atoms with Crippen molar-refractivity contribution in [3.05, 3.63) is 5.82 Å². The summed E-state index contributed by atoms with van der Waals surface area (Å²) in [6.45, 7) is 7.99. The maximum Gasteiger partial charge on any atom is 0.321 e. The summed E-state index contributed by atoms with van der Waals surface area (Å²) in [6.07, 6.45) is 1.53. The second-order valence-electron chi connectivity index (χ2n) is 4.76. The molecule has 2 heterocycles. The van der Waals surface area contributed by atoms with Crippen molar-refractivity contribution < 1.29 is 14.0 Å². The quantitative estimate of drug-likeness (QED) is 0.867. The molecule has 6 heteroatoms. The second kappa shape index (κ2) is 5.67. The average Bonchev–Trinajstić information content (AvgIpc) is 2.79. The molecular formula is C12H21N3O3. The van der Waals surface area contributed by atoms with Crippen molar-refractivity contribution in [1.82, 2.24) is 10.1 Å². The highest BCUT2D eigenvalue weighted by Crippen LogP contribution is 2.34. The Bertz CT molecular complexity index is 367. The average molecular weight is 255 g/mol. The van der Waals surface area contributed by atoms with Crippen LogP contribution in [0.15, 0.2) is 4.52 Å². The van der Waals surface area contributed by atoms with Gasteiger partial charge < -0.3 is 19.3 Å². The molecule has 0 amide bonds. The number of nitrogens with zero attached hydrogens (tertiary/aromatic N) is 2. The number of hydrogen-bond donors (Lipinski definition) is 1. The first kappa shape index (κ1) is 13.3. The van der Waals surface area contributed by atoms with Crippen LogP contribution in [0.5, 0.6) is 0 Å². The fourth-order valence-corrected chi connectivity index (χ4v) is 2.12. The topological polar surface area (TPSA) is 69.4 Å². The molecule has 102 valence electrons. The van der Waals surface area contributed by atoms with E-state index in [-0.39, 0.29) is 6.04 Å². The van der Waals surface area contributed by atoms with Gasteiger partial charge in [0.05, 0.1) is 0 Å². The Morgan fingerprint density at radius 2 is 2.11 bits per heavy atom. The Balaban J connectivity index is 2.17. The molecule has 0 bridgehead atoms. The zero-order valence-electron chi connectivity index (χ0n) is 11.2. The number of hydrogen-bond acceptors (Lipinski definition) is 6. The first-order valence-electron chi connectivity index (χ1n) is 6.49. The van der Waals surface area contributed by atoms with E-state index in [4.69, 9.17) is 14.0 Å². The molecule has 0 aliphatic carbocycles. The minimum absolute atomic E-state index is 0.260. The van der Waals surface area contributed by atoms with Crippen LogP contribution in [0.2, 0.25) is 0 Å². The highest BCUT2D eigenvalue weighted by Gasteiger charge is 2.39. The monoisotopic (exact) mass is 255 g/mol. The van der Waals surface area contributed by atoms with Gasteiger partial charge in [0.15, 0.2) is 0 Å². The lowest BCUT2D eigenvalue weighted by Crippen LogP contribution is -2.37. The maximum absolute atomic E-state index is 5.88. The summed E-state index contributed by atoms with van der Waals surface area (Å²) in [5, 5.41) is 7.15. The summed E-state index contributed by atoms with van der Waals surface area (Å²) in [5.74, 6) is 0.621. The van der Waals surface area contributed by atoms with E-state index in [9.17, 15) is 0 Å². The SMILES string of the molecule is CCOC1(c2noc(NC(C)C)n2)CCOCC1. The molecule has 18 heavy (non-hydrogen) atoms. The fraction of sp³-hybridized carbons (Fsp3) is 0.833. The van der Waals surface area contributed by atoms with Crippen molar-refractivity contribution in [3.8, 4) is 0 Å². The van der Waals surface area contributed by atoms with E-state index in [2.05, 4.69) is 15.5 Å². The van der Waals surface area contributed by atoms with Gasteiger partial charge in [-0.2, -0.15) is 4.98 Å². The van der Waals surface area contributed by atoms with Crippen LogP contribution in [0.1, 0.15) is 39.4 Å². The van der Waals surface area contributed by atoms with E-state index >= 15 is 0 Å². The first-order chi connectivity index (χ1) is 8.66. The van der Waals surface area contributed by atoms with Crippen LogP contribution in [0.25, 0.3) is 0 Å². The summed E-state index contributed by atoms with van der Waals surface area (Å²) >= 11 is 0. The minimum atomic E-state index is -0.451. The third kappa shape index (κ3) is 2.81. The van der Waals surface area contributed by atoms with Gasteiger partial charge in [-0.3, -0.25) is 0 Å². The van der Waals surface area contributed by atoms with Gasteiger partial charge in [-0.05, 0) is 20.8 Å². The molecule has 0 atom stereocenters. The van der Waals surface area contributed by atoms with E-state index < -0.39 is 5.60 Å². The summed E-state index contributed by atoms with van der Waals surface area (Å²) in [4.78, 5) is 4.40. The lowest BCUT2D eigenvalue weighted by molar-refractivity contribution is -0.118. The number of aromatic nitrogens is 2. The van der Waals surface area contributed by atoms with E-state index in [1.54, 1.807) is 0 Å². The fourth-order valence-electron chi connectivity index (χ4n) is 2.12. The predicted octanol–water partition coefficient (Wildman–Crippen LogP) is 1.93. The number of ether oxygens (including phenoxy) is 2. The summed E-state index contributed by atoms with van der Waals surface area (Å²) in [6, 6.07) is 0.710. The minimum Gasteiger partial charge on any atom is -0.381 e. The Morgan fingerprint density at radius 1 is 1.39 bits per heavy atom. The van der Waals surface area contributed by atoms with Crippen LogP contribution in [0, 0.1) is 0 Å². The molecule has 1 aromatic rings. The normalized spacial score (nSPS) is 19.1. The number of anilines is 1. The molecule has 1 fully saturated rings. The molecule has 0 radical (unpaired) electrons. The lowest BCUT2D eigenvalue weighted by atomic mass is 9.93. The molecule has 1 aromatic heterocycles. The van der Waals surface area contributed by atoms with Gasteiger partial charge in [0.2, 0.25) is 5.82 Å². The van der Waals surface area contributed by atoms with Gasteiger partial charge in [-0.25, -0.2) is 0 Å². The van der Waals surface area contributed by atoms with Crippen LogP contribution in [0.4, 0.5) is 6.01 Å². The van der Waals surface area contributed by atoms with Gasteiger partial charge in [0, 0.05) is 38.7 Å². The van der Waals surface area contributed by atoms with Crippen molar-refractivity contribution in [1.29, 1.82) is 0 Å². The van der Waals surface area contributed by atoms with Crippen molar-refractivity contribution in [3.63, 3.8) is 0 Å². The van der Waals surface area contributed by atoms with Gasteiger partial charge in [0.1, 0.15) is 5.60 Å². The van der Waals surface area contributed by atoms with E-state index in [1.807, 2.05) is 20.8 Å². The number of nitrogens with one attached hydrogen (secondary N) is 1. The Morgan fingerprint density at radius 3 is 2.72 bits per heavy atom. The molecule has 0 aromatic carbocycles. The van der Waals surface area contributed by atoms with Crippen LogP contribution < -0.4 is 5.32 Å². The van der Waals surface area contributed by atoms with Crippen molar-refractivity contribution >= 4 is 6.01 Å². The van der Waals surface area contributed by atoms with Crippen molar-refractivity contribution in [2.24, 2.45) is 0 Å². The second-order valence-corrected chi connectivity index (χ2v) is 4.76. The van der Waals surface area contributed by atoms with Gasteiger partial charge in [-0.15, -0.1) is 0 Å². The summed E-state index contributed by atoms with van der Waals surface area (Å²) in [7, 11) is 0. The molecule has 1 aliphatic rings. The molecule has 1 saturated heterocycles. The van der Waals surface area contributed by atoms with Crippen LogP contribution in [-0.2, 0) is 15.1 Å². The Kier molecular flexibility index (Phi) is 4.19. The molecule has 0 saturated carbocycles. The molecule has 0 unspecified atom stereocenters. The van der Waals surface area contributed by atoms with Crippen LogP contribution in [0.3, 0.4) is 0 Å². The molecular weight excluding hydrogens is 234 g/mol. The zero-order valence-corrected chi connectivity index (χ0v) is 11.2. The van der Waals surface area contributed by atoms with Gasteiger partial charge in [0.25, 0.3) is 0 Å². The molecule has 1 aliphatic heterocycles. The van der Waals surface area contributed by atoms with Gasteiger partial charge >= 0.3 is 6.01 Å². The first-order valence-corrected chi connectivity index (χ1v) is 6.49. The molecule has 2 rings (SSSR count). The maximum atomic E-state index is 5.88. The Labute approximate surface area is 107 Å². The highest BCUT2D eigenvalue weighted by molar-refractivity contribution is 5.21. The lowest BCUT2D eigenvalue weighted by Gasteiger charge is -2.33. The molecule has 6 nitrogen and oxygen atoms in total. The third-order valence-electron chi connectivity index (χ3n) is 2.97. The van der Waals surface area contributed by atoms with Crippen molar-refractivity contribution in [2.75, 3.05) is 25.1 Å². The smallest absolute Gasteiger partial charge is 0.321 e. The molecule has 0 spiro atoms. The highest BCUT2D eigenvalue weighted by atomic mass is 16.5. The van der Waals surface area contributed by atoms with Gasteiger partial charge in [-0.1, -0.05) is 5.16 Å². The standard InChI is InChI=1S/C12H21N3O3/c1-4-17-12(5-7-16-8-6-12)10-14-11(18-15-10)13-9(2)3/h9H,4-8H2,1-3H3,(H,13,14,15). The van der Waals surface area contributed by atoms with E-state index in [0.29, 0.717) is 31.7 Å².